The zero-order valence-corrected chi connectivity index (χ0v) is 13.4. The molecule has 2 atom stereocenters. The van der Waals surface area contributed by atoms with E-state index in [-0.39, 0.29) is 0 Å². The SMILES string of the molecule is CC(Cc1ccc(O)cc1)NC(C)c1cccc(Br)c1. The Hall–Kier alpha value is -1.32. The summed E-state index contributed by atoms with van der Waals surface area (Å²) >= 11 is 3.51. The van der Waals surface area contributed by atoms with Crippen LogP contribution in [0.15, 0.2) is 53.0 Å². The van der Waals surface area contributed by atoms with Gasteiger partial charge < -0.3 is 10.4 Å². The summed E-state index contributed by atoms with van der Waals surface area (Å²) in [6.07, 6.45) is 0.943. The molecule has 0 aliphatic carbocycles. The van der Waals surface area contributed by atoms with Crippen molar-refractivity contribution in [2.75, 3.05) is 0 Å². The van der Waals surface area contributed by atoms with Crippen molar-refractivity contribution in [1.82, 2.24) is 5.32 Å². The van der Waals surface area contributed by atoms with Crippen molar-refractivity contribution in [3.63, 3.8) is 0 Å². The maximum absolute atomic E-state index is 9.29. The van der Waals surface area contributed by atoms with E-state index >= 15 is 0 Å². The second kappa shape index (κ2) is 6.91. The molecule has 0 spiro atoms. The fourth-order valence-corrected chi connectivity index (χ4v) is 2.76. The zero-order valence-electron chi connectivity index (χ0n) is 11.8. The Labute approximate surface area is 129 Å². The van der Waals surface area contributed by atoms with Crippen molar-refractivity contribution in [2.24, 2.45) is 0 Å². The molecule has 3 heteroatoms. The van der Waals surface area contributed by atoms with Gasteiger partial charge in [-0.25, -0.2) is 0 Å². The van der Waals surface area contributed by atoms with Crippen molar-refractivity contribution >= 4 is 15.9 Å². The van der Waals surface area contributed by atoms with Crippen LogP contribution in [-0.2, 0) is 6.42 Å². The summed E-state index contributed by atoms with van der Waals surface area (Å²) in [6, 6.07) is 16.5. The fraction of sp³-hybridized carbons (Fsp3) is 0.294. The van der Waals surface area contributed by atoms with Gasteiger partial charge in [0.05, 0.1) is 0 Å². The first kappa shape index (κ1) is 15.1. The van der Waals surface area contributed by atoms with Crippen LogP contribution in [0, 0.1) is 0 Å². The summed E-state index contributed by atoms with van der Waals surface area (Å²) in [5, 5.41) is 12.9. The minimum absolute atomic E-state index is 0.305. The third-order valence-electron chi connectivity index (χ3n) is 3.36. The minimum Gasteiger partial charge on any atom is -0.508 e. The number of hydrogen-bond donors (Lipinski definition) is 2. The summed E-state index contributed by atoms with van der Waals surface area (Å²) < 4.78 is 1.11. The highest BCUT2D eigenvalue weighted by molar-refractivity contribution is 9.10. The van der Waals surface area contributed by atoms with Crippen LogP contribution >= 0.6 is 15.9 Å². The standard InChI is InChI=1S/C17H20BrNO/c1-12(10-14-6-8-17(20)9-7-14)19-13(2)15-4-3-5-16(18)11-15/h3-9,11-13,19-20H,10H2,1-2H3. The highest BCUT2D eigenvalue weighted by Gasteiger charge is 2.10. The van der Waals surface area contributed by atoms with Crippen LogP contribution in [0.5, 0.6) is 5.75 Å². The summed E-state index contributed by atoms with van der Waals surface area (Å²) in [6.45, 7) is 4.36. The predicted molar refractivity (Wildman–Crippen MR) is 87.0 cm³/mol. The van der Waals surface area contributed by atoms with E-state index < -0.39 is 0 Å². The first-order chi connectivity index (χ1) is 9.54. The molecule has 20 heavy (non-hydrogen) atoms. The third-order valence-corrected chi connectivity index (χ3v) is 3.85. The van der Waals surface area contributed by atoms with E-state index in [0.29, 0.717) is 17.8 Å². The third kappa shape index (κ3) is 4.36. The molecule has 0 saturated carbocycles. The van der Waals surface area contributed by atoms with Gasteiger partial charge in [0.25, 0.3) is 0 Å². The molecule has 2 aromatic carbocycles. The molecule has 0 heterocycles. The lowest BCUT2D eigenvalue weighted by Gasteiger charge is -2.20. The normalized spacial score (nSPS) is 13.9. The van der Waals surface area contributed by atoms with Crippen LogP contribution in [0.1, 0.15) is 31.0 Å². The van der Waals surface area contributed by atoms with Crippen molar-refractivity contribution in [1.29, 1.82) is 0 Å². The molecule has 0 fully saturated rings. The van der Waals surface area contributed by atoms with Crippen LogP contribution in [-0.4, -0.2) is 11.1 Å². The monoisotopic (exact) mass is 333 g/mol. The number of phenols is 1. The van der Waals surface area contributed by atoms with E-state index in [1.807, 2.05) is 18.2 Å². The Balaban J connectivity index is 1.93. The first-order valence-electron chi connectivity index (χ1n) is 6.84. The van der Waals surface area contributed by atoms with E-state index in [9.17, 15) is 5.11 Å². The summed E-state index contributed by atoms with van der Waals surface area (Å²) in [5.41, 5.74) is 2.50. The molecule has 0 radical (unpaired) electrons. The van der Waals surface area contributed by atoms with E-state index in [0.717, 1.165) is 10.9 Å². The molecule has 2 N–H and O–H groups in total. The van der Waals surface area contributed by atoms with Crippen molar-refractivity contribution in [3.05, 3.63) is 64.1 Å². The van der Waals surface area contributed by atoms with Crippen LogP contribution in [0.25, 0.3) is 0 Å². The molecular formula is C17H20BrNO. The van der Waals surface area contributed by atoms with Crippen LogP contribution in [0.4, 0.5) is 0 Å². The minimum atomic E-state index is 0.305. The Bertz CT molecular complexity index is 553. The van der Waals surface area contributed by atoms with Crippen molar-refractivity contribution in [3.8, 4) is 5.75 Å². The molecule has 2 unspecified atom stereocenters. The van der Waals surface area contributed by atoms with Crippen molar-refractivity contribution < 1.29 is 5.11 Å². The average molecular weight is 334 g/mol. The lowest BCUT2D eigenvalue weighted by atomic mass is 10.0. The van der Waals surface area contributed by atoms with Crippen LogP contribution in [0.3, 0.4) is 0 Å². The number of aromatic hydroxyl groups is 1. The highest BCUT2D eigenvalue weighted by atomic mass is 79.9. The van der Waals surface area contributed by atoms with Gasteiger partial charge in [-0.15, -0.1) is 0 Å². The summed E-state index contributed by atoms with van der Waals surface area (Å²) in [5.74, 6) is 0.317. The van der Waals surface area contributed by atoms with E-state index in [4.69, 9.17) is 0 Å². The van der Waals surface area contributed by atoms with Gasteiger partial charge in [-0.3, -0.25) is 0 Å². The molecule has 0 aromatic heterocycles. The molecule has 0 amide bonds. The number of phenolic OH excluding ortho intramolecular Hbond substituents is 1. The first-order valence-corrected chi connectivity index (χ1v) is 7.63. The molecule has 2 aromatic rings. The van der Waals surface area contributed by atoms with Crippen LogP contribution in [0.2, 0.25) is 0 Å². The molecule has 0 aliphatic rings. The Morgan fingerprint density at radius 2 is 1.80 bits per heavy atom. The number of rotatable bonds is 5. The van der Waals surface area contributed by atoms with Gasteiger partial charge in [0.1, 0.15) is 5.75 Å². The second-order valence-electron chi connectivity index (χ2n) is 5.21. The fourth-order valence-electron chi connectivity index (χ4n) is 2.34. The van der Waals surface area contributed by atoms with E-state index in [1.54, 1.807) is 12.1 Å². The zero-order chi connectivity index (χ0) is 14.5. The lowest BCUT2D eigenvalue weighted by Crippen LogP contribution is -2.30. The van der Waals surface area contributed by atoms with E-state index in [2.05, 4.69) is 53.3 Å². The summed E-state index contributed by atoms with van der Waals surface area (Å²) in [7, 11) is 0. The van der Waals surface area contributed by atoms with E-state index in [1.165, 1.54) is 11.1 Å². The van der Waals surface area contributed by atoms with Gasteiger partial charge in [-0.1, -0.05) is 40.2 Å². The number of benzene rings is 2. The largest absolute Gasteiger partial charge is 0.508 e. The van der Waals surface area contributed by atoms with Gasteiger partial charge >= 0.3 is 0 Å². The highest BCUT2D eigenvalue weighted by Crippen LogP contribution is 2.19. The Kier molecular flexibility index (Phi) is 5.21. The molecule has 2 rings (SSSR count). The smallest absolute Gasteiger partial charge is 0.115 e. The van der Waals surface area contributed by atoms with Gasteiger partial charge in [0.15, 0.2) is 0 Å². The molecule has 106 valence electrons. The maximum Gasteiger partial charge on any atom is 0.115 e. The Morgan fingerprint density at radius 1 is 1.10 bits per heavy atom. The Morgan fingerprint density at radius 3 is 2.45 bits per heavy atom. The van der Waals surface area contributed by atoms with Crippen molar-refractivity contribution in [2.45, 2.75) is 32.4 Å². The molecule has 0 bridgehead atoms. The number of halogens is 1. The molecule has 0 saturated heterocycles. The van der Waals surface area contributed by atoms with Gasteiger partial charge in [-0.05, 0) is 55.7 Å². The topological polar surface area (TPSA) is 32.3 Å². The summed E-state index contributed by atoms with van der Waals surface area (Å²) in [4.78, 5) is 0. The number of nitrogens with one attached hydrogen (secondary N) is 1. The predicted octanol–water partition coefficient (Wildman–Crippen LogP) is 4.44. The molecule has 2 nitrogen and oxygen atoms in total. The maximum atomic E-state index is 9.29. The van der Waals surface area contributed by atoms with Crippen LogP contribution < -0.4 is 5.32 Å². The van der Waals surface area contributed by atoms with Gasteiger partial charge in [-0.2, -0.15) is 0 Å². The van der Waals surface area contributed by atoms with Gasteiger partial charge in [0, 0.05) is 16.6 Å². The molecule has 0 aliphatic heterocycles. The number of hydrogen-bond acceptors (Lipinski definition) is 2. The second-order valence-corrected chi connectivity index (χ2v) is 6.13. The molecular weight excluding hydrogens is 314 g/mol. The lowest BCUT2D eigenvalue weighted by molar-refractivity contribution is 0.470. The average Bonchev–Trinajstić information content (AvgIpc) is 2.41. The quantitative estimate of drug-likeness (QED) is 0.847. The van der Waals surface area contributed by atoms with Gasteiger partial charge in [0.2, 0.25) is 0 Å².